The third-order valence-corrected chi connectivity index (χ3v) is 3.69. The van der Waals surface area contributed by atoms with Gasteiger partial charge in [0.05, 0.1) is 0 Å². The van der Waals surface area contributed by atoms with Gasteiger partial charge in [0, 0.05) is 12.1 Å². The Labute approximate surface area is 98.7 Å². The van der Waals surface area contributed by atoms with Crippen LogP contribution in [0, 0.1) is 0 Å². The second kappa shape index (κ2) is 4.98. The van der Waals surface area contributed by atoms with E-state index in [9.17, 15) is 0 Å². The van der Waals surface area contributed by atoms with Crippen molar-refractivity contribution < 1.29 is 0 Å². The monoisotopic (exact) mass is 218 g/mol. The summed E-state index contributed by atoms with van der Waals surface area (Å²) in [5.74, 6) is 0. The fourth-order valence-electron chi connectivity index (χ4n) is 2.68. The SMILES string of the molecule is CCNC1c2ccccc2CC1N(C)CC. The van der Waals surface area contributed by atoms with Gasteiger partial charge in [-0.05, 0) is 37.7 Å². The lowest BCUT2D eigenvalue weighted by Gasteiger charge is -2.29. The summed E-state index contributed by atoms with van der Waals surface area (Å²) in [6, 6.07) is 9.96. The molecule has 2 nitrogen and oxygen atoms in total. The van der Waals surface area contributed by atoms with Crippen molar-refractivity contribution in [2.75, 3.05) is 20.1 Å². The van der Waals surface area contributed by atoms with E-state index in [4.69, 9.17) is 0 Å². The molecule has 0 radical (unpaired) electrons. The van der Waals surface area contributed by atoms with Crippen LogP contribution in [0.1, 0.15) is 31.0 Å². The summed E-state index contributed by atoms with van der Waals surface area (Å²) in [4.78, 5) is 2.45. The van der Waals surface area contributed by atoms with Gasteiger partial charge in [0.25, 0.3) is 0 Å². The molecule has 0 aromatic heterocycles. The summed E-state index contributed by atoms with van der Waals surface area (Å²) in [5.41, 5.74) is 3.01. The van der Waals surface area contributed by atoms with E-state index in [1.165, 1.54) is 17.5 Å². The fraction of sp³-hybridized carbons (Fsp3) is 0.571. The molecule has 1 aromatic rings. The van der Waals surface area contributed by atoms with E-state index in [0.29, 0.717) is 12.1 Å². The van der Waals surface area contributed by atoms with Gasteiger partial charge in [-0.2, -0.15) is 0 Å². The Morgan fingerprint density at radius 3 is 2.75 bits per heavy atom. The molecule has 0 spiro atoms. The first kappa shape index (κ1) is 11.6. The zero-order valence-electron chi connectivity index (χ0n) is 10.5. The van der Waals surface area contributed by atoms with Crippen LogP contribution in [-0.4, -0.2) is 31.1 Å². The number of hydrogen-bond donors (Lipinski definition) is 1. The van der Waals surface area contributed by atoms with Crippen molar-refractivity contribution >= 4 is 0 Å². The largest absolute Gasteiger partial charge is 0.309 e. The van der Waals surface area contributed by atoms with E-state index in [1.807, 2.05) is 0 Å². The molecule has 1 aromatic carbocycles. The lowest BCUT2D eigenvalue weighted by Crippen LogP contribution is -2.40. The molecule has 0 heterocycles. The van der Waals surface area contributed by atoms with Gasteiger partial charge in [-0.15, -0.1) is 0 Å². The van der Waals surface area contributed by atoms with Gasteiger partial charge in [0.1, 0.15) is 0 Å². The molecule has 2 atom stereocenters. The third-order valence-electron chi connectivity index (χ3n) is 3.69. The number of nitrogens with zero attached hydrogens (tertiary/aromatic N) is 1. The van der Waals surface area contributed by atoms with Gasteiger partial charge in [-0.1, -0.05) is 38.1 Å². The van der Waals surface area contributed by atoms with E-state index >= 15 is 0 Å². The molecule has 2 rings (SSSR count). The number of rotatable bonds is 4. The van der Waals surface area contributed by atoms with Gasteiger partial charge >= 0.3 is 0 Å². The van der Waals surface area contributed by atoms with Crippen molar-refractivity contribution in [1.29, 1.82) is 0 Å². The molecular formula is C14H22N2. The minimum absolute atomic E-state index is 0.506. The normalized spacial score (nSPS) is 23.8. The molecule has 0 saturated carbocycles. The standard InChI is InChI=1S/C14H22N2/c1-4-15-14-12-9-7-6-8-11(12)10-13(14)16(3)5-2/h6-9,13-15H,4-5,10H2,1-3H3. The molecule has 0 saturated heterocycles. The maximum absolute atomic E-state index is 3.62. The van der Waals surface area contributed by atoms with Crippen molar-refractivity contribution in [2.24, 2.45) is 0 Å². The zero-order valence-corrected chi connectivity index (χ0v) is 10.5. The predicted octanol–water partition coefficient (Wildman–Crippen LogP) is 2.21. The second-order valence-electron chi connectivity index (χ2n) is 4.58. The van der Waals surface area contributed by atoms with Crippen molar-refractivity contribution in [1.82, 2.24) is 10.2 Å². The Balaban J connectivity index is 2.26. The lowest BCUT2D eigenvalue weighted by atomic mass is 10.1. The number of likely N-dealkylation sites (N-methyl/N-ethyl adjacent to an activating group) is 2. The molecular weight excluding hydrogens is 196 g/mol. The molecule has 1 aliphatic rings. The average molecular weight is 218 g/mol. The smallest absolute Gasteiger partial charge is 0.0483 e. The second-order valence-corrected chi connectivity index (χ2v) is 4.58. The van der Waals surface area contributed by atoms with E-state index < -0.39 is 0 Å². The number of nitrogens with one attached hydrogen (secondary N) is 1. The Morgan fingerprint density at radius 2 is 2.06 bits per heavy atom. The summed E-state index contributed by atoms with van der Waals surface area (Å²) < 4.78 is 0. The van der Waals surface area contributed by atoms with Crippen LogP contribution in [0.2, 0.25) is 0 Å². The van der Waals surface area contributed by atoms with Crippen LogP contribution < -0.4 is 5.32 Å². The first-order chi connectivity index (χ1) is 7.77. The minimum atomic E-state index is 0.506. The van der Waals surface area contributed by atoms with Crippen molar-refractivity contribution in [3.05, 3.63) is 35.4 Å². The van der Waals surface area contributed by atoms with Crippen LogP contribution in [0.3, 0.4) is 0 Å². The van der Waals surface area contributed by atoms with Crippen molar-refractivity contribution in [3.8, 4) is 0 Å². The van der Waals surface area contributed by atoms with Crippen LogP contribution in [0.4, 0.5) is 0 Å². The summed E-state index contributed by atoms with van der Waals surface area (Å²) in [6.45, 7) is 6.56. The average Bonchev–Trinajstić information content (AvgIpc) is 2.68. The van der Waals surface area contributed by atoms with Crippen molar-refractivity contribution in [3.63, 3.8) is 0 Å². The first-order valence-electron chi connectivity index (χ1n) is 6.29. The Kier molecular flexibility index (Phi) is 3.62. The first-order valence-corrected chi connectivity index (χ1v) is 6.29. The summed E-state index contributed by atoms with van der Waals surface area (Å²) in [6.07, 6.45) is 1.18. The highest BCUT2D eigenvalue weighted by Crippen LogP contribution is 2.33. The summed E-state index contributed by atoms with van der Waals surface area (Å²) in [5, 5.41) is 3.62. The molecule has 16 heavy (non-hydrogen) atoms. The minimum Gasteiger partial charge on any atom is -0.309 e. The van der Waals surface area contributed by atoms with Crippen LogP contribution in [-0.2, 0) is 6.42 Å². The van der Waals surface area contributed by atoms with Crippen LogP contribution >= 0.6 is 0 Å². The highest BCUT2D eigenvalue weighted by Gasteiger charge is 2.33. The third kappa shape index (κ3) is 2.00. The fourth-order valence-corrected chi connectivity index (χ4v) is 2.68. The molecule has 88 valence electrons. The molecule has 0 amide bonds. The van der Waals surface area contributed by atoms with Gasteiger partial charge < -0.3 is 10.2 Å². The topological polar surface area (TPSA) is 15.3 Å². The van der Waals surface area contributed by atoms with Gasteiger partial charge in [0.15, 0.2) is 0 Å². The number of fused-ring (bicyclic) bond motifs is 1. The maximum atomic E-state index is 3.62. The highest BCUT2D eigenvalue weighted by molar-refractivity contribution is 5.37. The predicted molar refractivity (Wildman–Crippen MR) is 68.7 cm³/mol. The van der Waals surface area contributed by atoms with Crippen molar-refractivity contribution in [2.45, 2.75) is 32.4 Å². The molecule has 2 unspecified atom stereocenters. The van der Waals surface area contributed by atoms with Gasteiger partial charge in [0.2, 0.25) is 0 Å². The van der Waals surface area contributed by atoms with Gasteiger partial charge in [-0.25, -0.2) is 0 Å². The summed E-state index contributed by atoms with van der Waals surface area (Å²) >= 11 is 0. The molecule has 1 N–H and O–H groups in total. The van der Waals surface area contributed by atoms with E-state index in [2.05, 4.69) is 55.4 Å². The highest BCUT2D eigenvalue weighted by atomic mass is 15.2. The Hall–Kier alpha value is -0.860. The van der Waals surface area contributed by atoms with E-state index in [-0.39, 0.29) is 0 Å². The van der Waals surface area contributed by atoms with E-state index in [1.54, 1.807) is 0 Å². The van der Waals surface area contributed by atoms with Gasteiger partial charge in [-0.3, -0.25) is 0 Å². The Morgan fingerprint density at radius 1 is 1.31 bits per heavy atom. The zero-order chi connectivity index (χ0) is 11.5. The molecule has 0 bridgehead atoms. The Bertz CT molecular complexity index is 348. The number of benzene rings is 1. The van der Waals surface area contributed by atoms with Crippen LogP contribution in [0.25, 0.3) is 0 Å². The molecule has 1 aliphatic carbocycles. The lowest BCUT2D eigenvalue weighted by molar-refractivity contribution is 0.214. The molecule has 0 fully saturated rings. The maximum Gasteiger partial charge on any atom is 0.0483 e. The number of hydrogen-bond acceptors (Lipinski definition) is 2. The van der Waals surface area contributed by atoms with Crippen LogP contribution in [0.15, 0.2) is 24.3 Å². The molecule has 0 aliphatic heterocycles. The quantitative estimate of drug-likeness (QED) is 0.833. The summed E-state index contributed by atoms with van der Waals surface area (Å²) in [7, 11) is 2.22. The molecule has 2 heteroatoms. The van der Waals surface area contributed by atoms with Crippen LogP contribution in [0.5, 0.6) is 0 Å². The van der Waals surface area contributed by atoms with E-state index in [0.717, 1.165) is 13.1 Å².